The standard InChI is InChI=1S/C7H8BrNOS/c1-11-10-5-6-3-2-4-7(8)9-6/h2-4H,5H2,1H3. The van der Waals surface area contributed by atoms with Crippen molar-refractivity contribution in [2.24, 2.45) is 0 Å². The van der Waals surface area contributed by atoms with Gasteiger partial charge in [-0.25, -0.2) is 4.98 Å². The monoisotopic (exact) mass is 233 g/mol. The molecule has 0 N–H and O–H groups in total. The maximum absolute atomic E-state index is 5.11. The molecule has 1 aromatic heterocycles. The first-order valence-corrected chi connectivity index (χ1v) is 5.04. The Morgan fingerprint density at radius 1 is 1.64 bits per heavy atom. The highest BCUT2D eigenvalue weighted by Crippen LogP contribution is 2.08. The third-order valence-corrected chi connectivity index (χ3v) is 1.89. The van der Waals surface area contributed by atoms with E-state index in [2.05, 4.69) is 20.9 Å². The van der Waals surface area contributed by atoms with Gasteiger partial charge < -0.3 is 4.18 Å². The van der Waals surface area contributed by atoms with Crippen molar-refractivity contribution < 1.29 is 4.18 Å². The maximum Gasteiger partial charge on any atom is 0.106 e. The Morgan fingerprint density at radius 3 is 3.09 bits per heavy atom. The highest BCUT2D eigenvalue weighted by molar-refractivity contribution is 9.10. The first-order chi connectivity index (χ1) is 5.33. The molecule has 0 aliphatic carbocycles. The van der Waals surface area contributed by atoms with Crippen molar-refractivity contribution in [1.82, 2.24) is 4.98 Å². The lowest BCUT2D eigenvalue weighted by atomic mass is 10.4. The van der Waals surface area contributed by atoms with Gasteiger partial charge in [0.2, 0.25) is 0 Å². The van der Waals surface area contributed by atoms with E-state index in [1.165, 1.54) is 12.0 Å². The van der Waals surface area contributed by atoms with Gasteiger partial charge in [0.25, 0.3) is 0 Å². The van der Waals surface area contributed by atoms with Crippen molar-refractivity contribution in [3.63, 3.8) is 0 Å². The Balaban J connectivity index is 2.56. The zero-order chi connectivity index (χ0) is 8.10. The van der Waals surface area contributed by atoms with Crippen LogP contribution in [0.2, 0.25) is 0 Å². The summed E-state index contributed by atoms with van der Waals surface area (Å²) in [5, 5.41) is 0. The maximum atomic E-state index is 5.11. The summed E-state index contributed by atoms with van der Waals surface area (Å²) >= 11 is 4.63. The highest BCUT2D eigenvalue weighted by Gasteiger charge is 1.93. The summed E-state index contributed by atoms with van der Waals surface area (Å²) in [4.78, 5) is 4.19. The van der Waals surface area contributed by atoms with Crippen LogP contribution in [0.3, 0.4) is 0 Å². The summed E-state index contributed by atoms with van der Waals surface area (Å²) in [5.74, 6) is 0. The van der Waals surface area contributed by atoms with Gasteiger partial charge in [-0.1, -0.05) is 6.07 Å². The van der Waals surface area contributed by atoms with E-state index >= 15 is 0 Å². The molecule has 1 aromatic rings. The van der Waals surface area contributed by atoms with E-state index in [1.807, 2.05) is 24.5 Å². The fourth-order valence-electron chi connectivity index (χ4n) is 0.650. The number of nitrogens with zero attached hydrogens (tertiary/aromatic N) is 1. The highest BCUT2D eigenvalue weighted by atomic mass is 79.9. The summed E-state index contributed by atoms with van der Waals surface area (Å²) in [6.07, 6.45) is 1.89. The fourth-order valence-corrected chi connectivity index (χ4v) is 1.27. The van der Waals surface area contributed by atoms with E-state index in [0.29, 0.717) is 6.61 Å². The van der Waals surface area contributed by atoms with E-state index in [-0.39, 0.29) is 0 Å². The number of rotatable bonds is 3. The minimum atomic E-state index is 0.556. The predicted octanol–water partition coefficient (Wildman–Crippen LogP) is 2.64. The molecule has 0 aliphatic heterocycles. The second kappa shape index (κ2) is 4.74. The van der Waals surface area contributed by atoms with E-state index in [9.17, 15) is 0 Å². The molecule has 0 saturated heterocycles. The average molecular weight is 234 g/mol. The number of halogens is 1. The van der Waals surface area contributed by atoms with Crippen LogP contribution in [-0.2, 0) is 10.8 Å². The molecule has 11 heavy (non-hydrogen) atoms. The van der Waals surface area contributed by atoms with Gasteiger partial charge in [-0.15, -0.1) is 0 Å². The number of hydrogen-bond acceptors (Lipinski definition) is 3. The van der Waals surface area contributed by atoms with Gasteiger partial charge in [-0.3, -0.25) is 0 Å². The minimum absolute atomic E-state index is 0.556. The van der Waals surface area contributed by atoms with Gasteiger partial charge in [-0.2, -0.15) is 0 Å². The van der Waals surface area contributed by atoms with Crippen molar-refractivity contribution in [3.05, 3.63) is 28.5 Å². The van der Waals surface area contributed by atoms with Crippen molar-refractivity contribution in [3.8, 4) is 0 Å². The molecule has 0 unspecified atom stereocenters. The van der Waals surface area contributed by atoms with Crippen molar-refractivity contribution >= 4 is 28.0 Å². The lowest BCUT2D eigenvalue weighted by molar-refractivity contribution is 0.359. The summed E-state index contributed by atoms with van der Waals surface area (Å²) in [7, 11) is 0. The number of aromatic nitrogens is 1. The largest absolute Gasteiger partial charge is 0.309 e. The van der Waals surface area contributed by atoms with Gasteiger partial charge in [0, 0.05) is 6.26 Å². The van der Waals surface area contributed by atoms with Gasteiger partial charge in [0.1, 0.15) is 11.2 Å². The molecule has 0 aromatic carbocycles. The van der Waals surface area contributed by atoms with E-state index in [4.69, 9.17) is 4.18 Å². The third kappa shape index (κ3) is 3.22. The van der Waals surface area contributed by atoms with Crippen molar-refractivity contribution in [2.75, 3.05) is 6.26 Å². The lowest BCUT2D eigenvalue weighted by Crippen LogP contribution is -1.89. The predicted molar refractivity (Wildman–Crippen MR) is 50.2 cm³/mol. The molecule has 1 rings (SSSR count). The molecule has 0 aliphatic rings. The van der Waals surface area contributed by atoms with Crippen LogP contribution in [-0.4, -0.2) is 11.2 Å². The number of hydrogen-bond donors (Lipinski definition) is 0. The molecule has 60 valence electrons. The molecule has 0 bridgehead atoms. The van der Waals surface area contributed by atoms with Crippen LogP contribution in [0.25, 0.3) is 0 Å². The lowest BCUT2D eigenvalue weighted by Gasteiger charge is -1.98. The Morgan fingerprint density at radius 2 is 2.45 bits per heavy atom. The normalized spacial score (nSPS) is 10.0. The Bertz CT molecular complexity index is 231. The Kier molecular flexibility index (Phi) is 3.90. The van der Waals surface area contributed by atoms with Crippen molar-refractivity contribution in [1.29, 1.82) is 0 Å². The first-order valence-electron chi connectivity index (χ1n) is 3.10. The van der Waals surface area contributed by atoms with Crippen LogP contribution < -0.4 is 0 Å². The van der Waals surface area contributed by atoms with Crippen LogP contribution >= 0.6 is 28.0 Å². The molecule has 1 heterocycles. The molecule has 0 fully saturated rings. The second-order valence-corrected chi connectivity index (χ2v) is 3.26. The molecule has 0 spiro atoms. The van der Waals surface area contributed by atoms with Crippen LogP contribution in [0, 0.1) is 0 Å². The van der Waals surface area contributed by atoms with Crippen LogP contribution in [0.4, 0.5) is 0 Å². The molecule has 2 nitrogen and oxygen atoms in total. The minimum Gasteiger partial charge on any atom is -0.309 e. The van der Waals surface area contributed by atoms with E-state index < -0.39 is 0 Å². The smallest absolute Gasteiger partial charge is 0.106 e. The van der Waals surface area contributed by atoms with Gasteiger partial charge >= 0.3 is 0 Å². The van der Waals surface area contributed by atoms with E-state index in [1.54, 1.807) is 0 Å². The molecule has 0 radical (unpaired) electrons. The van der Waals surface area contributed by atoms with Crippen molar-refractivity contribution in [2.45, 2.75) is 6.61 Å². The van der Waals surface area contributed by atoms with Gasteiger partial charge in [0.05, 0.1) is 5.69 Å². The topological polar surface area (TPSA) is 22.1 Å². The fraction of sp³-hybridized carbons (Fsp3) is 0.286. The molecule has 0 atom stereocenters. The molecule has 4 heteroatoms. The Hall–Kier alpha value is -0.0600. The van der Waals surface area contributed by atoms with Crippen LogP contribution in [0.1, 0.15) is 5.69 Å². The SMILES string of the molecule is CSOCc1cccc(Br)n1. The number of pyridine rings is 1. The summed E-state index contributed by atoms with van der Waals surface area (Å²) in [5.41, 5.74) is 0.939. The average Bonchev–Trinajstić information content (AvgIpc) is 2.01. The molecular weight excluding hydrogens is 226 g/mol. The van der Waals surface area contributed by atoms with E-state index in [0.717, 1.165) is 10.3 Å². The molecule has 0 saturated carbocycles. The summed E-state index contributed by atoms with van der Waals surface area (Å²) < 4.78 is 5.95. The zero-order valence-electron chi connectivity index (χ0n) is 6.08. The second-order valence-electron chi connectivity index (χ2n) is 1.88. The molecule has 0 amide bonds. The molecular formula is C7H8BrNOS. The zero-order valence-corrected chi connectivity index (χ0v) is 8.48. The van der Waals surface area contributed by atoms with Gasteiger partial charge in [-0.05, 0) is 40.1 Å². The summed E-state index contributed by atoms with van der Waals surface area (Å²) in [6, 6.07) is 5.76. The van der Waals surface area contributed by atoms with Crippen LogP contribution in [0.15, 0.2) is 22.8 Å². The van der Waals surface area contributed by atoms with Crippen LogP contribution in [0.5, 0.6) is 0 Å². The third-order valence-electron chi connectivity index (χ3n) is 1.10. The quantitative estimate of drug-likeness (QED) is 0.592. The Labute approximate surface area is 78.7 Å². The summed E-state index contributed by atoms with van der Waals surface area (Å²) in [6.45, 7) is 0.556. The van der Waals surface area contributed by atoms with Gasteiger partial charge in [0.15, 0.2) is 0 Å². The first kappa shape index (κ1) is 9.03.